The summed E-state index contributed by atoms with van der Waals surface area (Å²) in [4.78, 5) is 8.88. The third kappa shape index (κ3) is 4.10. The average Bonchev–Trinajstić information content (AvgIpc) is 3.17. The normalized spacial score (nSPS) is 11.7. The lowest BCUT2D eigenvalue weighted by Crippen LogP contribution is -2.13. The number of hydrogen-bond acceptors (Lipinski definition) is 7. The monoisotopic (exact) mass is 363 g/mol. The predicted molar refractivity (Wildman–Crippen MR) is 95.5 cm³/mol. The summed E-state index contributed by atoms with van der Waals surface area (Å²) in [6.45, 7) is 6.93. The predicted octanol–water partition coefficient (Wildman–Crippen LogP) is 4.19. The molecule has 3 aromatic rings. The van der Waals surface area contributed by atoms with Crippen LogP contribution >= 0.6 is 23.1 Å². The van der Waals surface area contributed by atoms with Crippen LogP contribution in [0.25, 0.3) is 11.4 Å². The molecule has 0 spiro atoms. The number of nitrogens with one attached hydrogen (secondary N) is 1. The van der Waals surface area contributed by atoms with Crippen molar-refractivity contribution >= 4 is 28.3 Å². The Morgan fingerprint density at radius 1 is 1.17 bits per heavy atom. The summed E-state index contributed by atoms with van der Waals surface area (Å²) in [7, 11) is 0. The molecule has 0 aliphatic rings. The number of nitrogens with zero attached hydrogens (tertiary/aromatic N) is 4. The van der Waals surface area contributed by atoms with Crippen LogP contribution in [-0.4, -0.2) is 26.0 Å². The molecule has 0 radical (unpaired) electrons. The van der Waals surface area contributed by atoms with Crippen molar-refractivity contribution in [2.24, 2.45) is 0 Å². The zero-order valence-electron chi connectivity index (χ0n) is 13.7. The van der Waals surface area contributed by atoms with E-state index in [-0.39, 0.29) is 5.41 Å². The van der Waals surface area contributed by atoms with Gasteiger partial charge in [0.2, 0.25) is 16.8 Å². The number of rotatable bonds is 5. The van der Waals surface area contributed by atoms with Crippen LogP contribution in [-0.2, 0) is 11.8 Å². The van der Waals surface area contributed by atoms with Gasteiger partial charge in [-0.2, -0.15) is 9.36 Å². The van der Waals surface area contributed by atoms with Gasteiger partial charge in [-0.05, 0) is 24.3 Å². The van der Waals surface area contributed by atoms with Crippen LogP contribution in [0.2, 0.25) is 5.02 Å². The SMILES string of the molecule is CC(C)(C)c1nsc(NCCc2nc(-c3ccc(Cl)cc3)no2)n1. The molecule has 24 heavy (non-hydrogen) atoms. The van der Waals surface area contributed by atoms with Gasteiger partial charge < -0.3 is 9.84 Å². The van der Waals surface area contributed by atoms with Crippen LogP contribution in [0, 0.1) is 0 Å². The molecule has 0 aliphatic carbocycles. The van der Waals surface area contributed by atoms with Crippen LogP contribution in [0.4, 0.5) is 5.13 Å². The van der Waals surface area contributed by atoms with Gasteiger partial charge in [-0.3, -0.25) is 0 Å². The van der Waals surface area contributed by atoms with Gasteiger partial charge in [-0.15, -0.1) is 0 Å². The molecule has 0 unspecified atom stereocenters. The fourth-order valence-electron chi connectivity index (χ4n) is 1.95. The van der Waals surface area contributed by atoms with Crippen molar-refractivity contribution in [3.8, 4) is 11.4 Å². The molecular weight excluding hydrogens is 346 g/mol. The van der Waals surface area contributed by atoms with Gasteiger partial charge in [0.05, 0.1) is 0 Å². The van der Waals surface area contributed by atoms with Crippen molar-refractivity contribution in [1.29, 1.82) is 0 Å². The molecule has 2 heterocycles. The largest absolute Gasteiger partial charge is 0.360 e. The molecule has 1 aromatic carbocycles. The summed E-state index contributed by atoms with van der Waals surface area (Å²) in [6, 6.07) is 7.34. The second-order valence-corrected chi connectivity index (χ2v) is 7.56. The minimum atomic E-state index is -0.0452. The second-order valence-electron chi connectivity index (χ2n) is 6.37. The maximum Gasteiger partial charge on any atom is 0.228 e. The third-order valence-electron chi connectivity index (χ3n) is 3.28. The van der Waals surface area contributed by atoms with Crippen molar-refractivity contribution in [2.45, 2.75) is 32.6 Å². The molecule has 0 amide bonds. The molecule has 0 atom stereocenters. The van der Waals surface area contributed by atoms with E-state index in [2.05, 4.69) is 45.6 Å². The fourth-order valence-corrected chi connectivity index (χ4v) is 2.86. The topological polar surface area (TPSA) is 76.7 Å². The Labute approximate surface area is 149 Å². The third-order valence-corrected chi connectivity index (χ3v) is 4.21. The minimum Gasteiger partial charge on any atom is -0.360 e. The summed E-state index contributed by atoms with van der Waals surface area (Å²) >= 11 is 7.24. The van der Waals surface area contributed by atoms with Crippen LogP contribution in [0.1, 0.15) is 32.5 Å². The van der Waals surface area contributed by atoms with E-state index in [1.807, 2.05) is 12.1 Å². The first-order valence-corrected chi connectivity index (χ1v) is 8.73. The molecule has 126 valence electrons. The van der Waals surface area contributed by atoms with Gasteiger partial charge in [-0.1, -0.05) is 37.5 Å². The van der Waals surface area contributed by atoms with Crippen molar-refractivity contribution < 1.29 is 4.52 Å². The van der Waals surface area contributed by atoms with E-state index in [1.165, 1.54) is 11.5 Å². The van der Waals surface area contributed by atoms with E-state index in [1.54, 1.807) is 12.1 Å². The summed E-state index contributed by atoms with van der Waals surface area (Å²) in [6.07, 6.45) is 0.616. The Morgan fingerprint density at radius 2 is 1.92 bits per heavy atom. The molecule has 0 saturated carbocycles. The van der Waals surface area contributed by atoms with Gasteiger partial charge >= 0.3 is 0 Å². The smallest absolute Gasteiger partial charge is 0.228 e. The van der Waals surface area contributed by atoms with Gasteiger partial charge in [-0.25, -0.2) is 4.98 Å². The lowest BCUT2D eigenvalue weighted by Gasteiger charge is -2.12. The number of halogens is 1. The standard InChI is InChI=1S/C16H18ClN5OS/c1-16(2,3)14-20-15(24-22-14)18-9-8-12-19-13(21-23-12)10-4-6-11(17)7-5-10/h4-7H,8-9H2,1-3H3,(H,18,20,22). The maximum atomic E-state index is 5.88. The highest BCUT2D eigenvalue weighted by Crippen LogP contribution is 2.23. The van der Waals surface area contributed by atoms with E-state index in [0.29, 0.717) is 29.7 Å². The minimum absolute atomic E-state index is 0.0452. The second kappa shape index (κ2) is 6.86. The molecule has 0 aliphatic heterocycles. The van der Waals surface area contributed by atoms with Gasteiger partial charge in [0.25, 0.3) is 0 Å². The first-order valence-electron chi connectivity index (χ1n) is 7.58. The fraction of sp³-hybridized carbons (Fsp3) is 0.375. The first-order chi connectivity index (χ1) is 11.4. The van der Waals surface area contributed by atoms with E-state index in [9.17, 15) is 0 Å². The zero-order valence-corrected chi connectivity index (χ0v) is 15.3. The molecule has 3 rings (SSSR count). The van der Waals surface area contributed by atoms with E-state index < -0.39 is 0 Å². The quantitative estimate of drug-likeness (QED) is 0.732. The Kier molecular flexibility index (Phi) is 4.82. The molecule has 0 bridgehead atoms. The molecule has 0 fully saturated rings. The first kappa shape index (κ1) is 16.9. The van der Waals surface area contributed by atoms with Crippen LogP contribution in [0.15, 0.2) is 28.8 Å². The van der Waals surface area contributed by atoms with Crippen molar-refractivity contribution in [3.63, 3.8) is 0 Å². The Morgan fingerprint density at radius 3 is 2.58 bits per heavy atom. The molecule has 2 aromatic heterocycles. The Bertz CT molecular complexity index is 806. The lowest BCUT2D eigenvalue weighted by atomic mass is 9.96. The highest BCUT2D eigenvalue weighted by atomic mass is 35.5. The Hall–Kier alpha value is -1.99. The summed E-state index contributed by atoms with van der Waals surface area (Å²) < 4.78 is 9.65. The molecule has 0 saturated heterocycles. The maximum absolute atomic E-state index is 5.88. The van der Waals surface area contributed by atoms with Crippen LogP contribution in [0.5, 0.6) is 0 Å². The van der Waals surface area contributed by atoms with Crippen molar-refractivity contribution in [3.05, 3.63) is 41.0 Å². The Balaban J connectivity index is 1.56. The average molecular weight is 364 g/mol. The molecular formula is C16H18ClN5OS. The van der Waals surface area contributed by atoms with Crippen LogP contribution < -0.4 is 5.32 Å². The molecule has 8 heteroatoms. The van der Waals surface area contributed by atoms with Crippen LogP contribution in [0.3, 0.4) is 0 Å². The number of aromatic nitrogens is 4. The summed E-state index contributed by atoms with van der Waals surface area (Å²) in [5, 5.41) is 8.72. The number of benzene rings is 1. The van der Waals surface area contributed by atoms with Gasteiger partial charge in [0.15, 0.2) is 0 Å². The van der Waals surface area contributed by atoms with E-state index >= 15 is 0 Å². The van der Waals surface area contributed by atoms with Gasteiger partial charge in [0.1, 0.15) is 5.82 Å². The highest BCUT2D eigenvalue weighted by Gasteiger charge is 2.19. The number of anilines is 1. The zero-order chi connectivity index (χ0) is 17.2. The van der Waals surface area contributed by atoms with E-state index in [4.69, 9.17) is 16.1 Å². The van der Waals surface area contributed by atoms with E-state index in [0.717, 1.165) is 16.5 Å². The molecule has 1 N–H and O–H groups in total. The molecule has 6 nitrogen and oxygen atoms in total. The summed E-state index contributed by atoms with van der Waals surface area (Å²) in [5.74, 6) is 1.98. The summed E-state index contributed by atoms with van der Waals surface area (Å²) in [5.41, 5.74) is 0.831. The lowest BCUT2D eigenvalue weighted by molar-refractivity contribution is 0.381. The van der Waals surface area contributed by atoms with Crippen molar-refractivity contribution in [1.82, 2.24) is 19.5 Å². The van der Waals surface area contributed by atoms with Crippen molar-refractivity contribution in [2.75, 3.05) is 11.9 Å². The highest BCUT2D eigenvalue weighted by molar-refractivity contribution is 7.09. The number of hydrogen-bond donors (Lipinski definition) is 1. The van der Waals surface area contributed by atoms with Gasteiger partial charge in [0, 0.05) is 40.5 Å².